The fourth-order valence-electron chi connectivity index (χ4n) is 3.72. The molecule has 0 fully saturated rings. The molecule has 7 nitrogen and oxygen atoms in total. The lowest BCUT2D eigenvalue weighted by molar-refractivity contribution is 0.0467. The first-order valence-electron chi connectivity index (χ1n) is 10.6. The van der Waals surface area contributed by atoms with Gasteiger partial charge in [0, 0.05) is 1.43 Å². The summed E-state index contributed by atoms with van der Waals surface area (Å²) in [7, 11) is 0. The quantitative estimate of drug-likeness (QED) is 0.522. The van der Waals surface area contributed by atoms with Gasteiger partial charge >= 0.3 is 6.09 Å². The molecular formula is C25H27N3O4S. The smallest absolute Gasteiger partial charge is 0.408 e. The number of carbonyl (C=O) groups excluding carboxylic acids is 3. The van der Waals surface area contributed by atoms with E-state index < -0.39 is 17.7 Å². The van der Waals surface area contributed by atoms with Crippen molar-refractivity contribution in [1.82, 2.24) is 15.2 Å². The van der Waals surface area contributed by atoms with Crippen molar-refractivity contribution < 1.29 is 20.5 Å². The highest BCUT2D eigenvalue weighted by Crippen LogP contribution is 2.30. The van der Waals surface area contributed by atoms with E-state index in [1.165, 1.54) is 4.90 Å². The van der Waals surface area contributed by atoms with Crippen LogP contribution in [0.4, 0.5) is 4.79 Å². The van der Waals surface area contributed by atoms with Gasteiger partial charge in [0.25, 0.3) is 11.8 Å². The molecule has 1 unspecified atom stereocenters. The molecule has 172 valence electrons. The summed E-state index contributed by atoms with van der Waals surface area (Å²) in [5.41, 5.74) is 4.57. The summed E-state index contributed by atoms with van der Waals surface area (Å²) in [5.74, 6) is -0.744. The average molecular weight is 466 g/mol. The van der Waals surface area contributed by atoms with E-state index in [1.807, 2.05) is 31.2 Å². The van der Waals surface area contributed by atoms with Crippen LogP contribution in [0.25, 0.3) is 10.4 Å². The number of thiazole rings is 1. The van der Waals surface area contributed by atoms with Gasteiger partial charge in [0.2, 0.25) is 0 Å². The van der Waals surface area contributed by atoms with Gasteiger partial charge in [-0.25, -0.2) is 9.78 Å². The molecule has 1 N–H and O–H groups in total. The number of benzene rings is 2. The van der Waals surface area contributed by atoms with Crippen molar-refractivity contribution >= 4 is 29.2 Å². The summed E-state index contributed by atoms with van der Waals surface area (Å²) in [4.78, 5) is 44.9. The molecule has 1 aromatic heterocycles. The molecule has 8 heteroatoms. The molecule has 2 heterocycles. The molecule has 1 atom stereocenters. The van der Waals surface area contributed by atoms with Crippen LogP contribution in [0.1, 0.15) is 60.2 Å². The van der Waals surface area contributed by atoms with Gasteiger partial charge in [-0.15, -0.1) is 11.3 Å². The van der Waals surface area contributed by atoms with Crippen LogP contribution in [-0.2, 0) is 4.74 Å². The first-order valence-corrected chi connectivity index (χ1v) is 11.5. The van der Waals surface area contributed by atoms with Crippen LogP contribution < -0.4 is 5.32 Å². The van der Waals surface area contributed by atoms with Crippen molar-refractivity contribution in [2.75, 3.05) is 6.54 Å². The SMILES string of the molecule is Cc1ncsc1-c1ccc(C(CN2C(=O)c3ccccc3C2=O)NC(=O)OC(C)(C)C)cc1.[HH]. The molecule has 33 heavy (non-hydrogen) atoms. The zero-order valence-electron chi connectivity index (χ0n) is 18.9. The lowest BCUT2D eigenvalue weighted by Gasteiger charge is -2.26. The highest BCUT2D eigenvalue weighted by atomic mass is 32.1. The van der Waals surface area contributed by atoms with Gasteiger partial charge in [-0.3, -0.25) is 14.5 Å². The van der Waals surface area contributed by atoms with Crippen molar-refractivity contribution in [3.63, 3.8) is 0 Å². The van der Waals surface area contributed by atoms with Gasteiger partial charge in [-0.2, -0.15) is 0 Å². The third kappa shape index (κ3) is 4.80. The average Bonchev–Trinajstić information content (AvgIpc) is 3.29. The highest BCUT2D eigenvalue weighted by Gasteiger charge is 2.37. The fourth-order valence-corrected chi connectivity index (χ4v) is 4.53. The van der Waals surface area contributed by atoms with Gasteiger partial charge < -0.3 is 10.1 Å². The van der Waals surface area contributed by atoms with Crippen LogP contribution in [-0.4, -0.2) is 39.9 Å². The van der Waals surface area contributed by atoms with Gasteiger partial charge in [-0.1, -0.05) is 36.4 Å². The number of amides is 3. The monoisotopic (exact) mass is 465 g/mol. The molecule has 3 aromatic rings. The summed E-state index contributed by atoms with van der Waals surface area (Å²) < 4.78 is 5.42. The van der Waals surface area contributed by atoms with Crippen LogP contribution in [0.15, 0.2) is 54.0 Å². The Morgan fingerprint density at radius 3 is 2.21 bits per heavy atom. The number of rotatable bonds is 5. The van der Waals surface area contributed by atoms with Crippen molar-refractivity contribution in [2.45, 2.75) is 39.3 Å². The van der Waals surface area contributed by atoms with E-state index in [1.54, 1.807) is 61.9 Å². The Hall–Kier alpha value is -3.52. The number of imide groups is 1. The minimum atomic E-state index is -0.683. The van der Waals surface area contributed by atoms with E-state index >= 15 is 0 Å². The maximum atomic E-state index is 12.9. The second kappa shape index (κ2) is 8.78. The molecule has 0 bridgehead atoms. The summed E-state index contributed by atoms with van der Waals surface area (Å²) in [6.07, 6.45) is -0.619. The highest BCUT2D eigenvalue weighted by molar-refractivity contribution is 7.13. The second-order valence-electron chi connectivity index (χ2n) is 8.85. The van der Waals surface area contributed by atoms with Crippen molar-refractivity contribution in [2.24, 2.45) is 0 Å². The first-order chi connectivity index (χ1) is 15.6. The third-order valence-electron chi connectivity index (χ3n) is 5.26. The number of nitrogens with one attached hydrogen (secondary N) is 1. The van der Waals surface area contributed by atoms with Gasteiger partial charge in [0.1, 0.15) is 5.60 Å². The summed E-state index contributed by atoms with van der Waals surface area (Å²) in [6, 6.07) is 13.7. The molecule has 3 amide bonds. The Balaban J connectivity index is 0.00000324. The van der Waals surface area contributed by atoms with E-state index in [9.17, 15) is 14.4 Å². The predicted molar refractivity (Wildman–Crippen MR) is 128 cm³/mol. The van der Waals surface area contributed by atoms with Crippen LogP contribution in [0, 0.1) is 6.92 Å². The molecule has 1 aliphatic heterocycles. The summed E-state index contributed by atoms with van der Waals surface area (Å²) in [6.45, 7) is 7.27. The normalized spacial score (nSPS) is 14.2. The predicted octanol–water partition coefficient (Wildman–Crippen LogP) is 5.23. The largest absolute Gasteiger partial charge is 0.444 e. The number of nitrogens with zero attached hydrogens (tertiary/aromatic N) is 2. The molecule has 0 spiro atoms. The molecule has 4 rings (SSSR count). The lowest BCUT2D eigenvalue weighted by atomic mass is 10.0. The number of carbonyl (C=O) groups is 3. The zero-order valence-corrected chi connectivity index (χ0v) is 19.7. The number of hydrogen-bond acceptors (Lipinski definition) is 6. The molecule has 0 saturated heterocycles. The second-order valence-corrected chi connectivity index (χ2v) is 9.71. The van der Waals surface area contributed by atoms with E-state index in [4.69, 9.17) is 4.74 Å². The lowest BCUT2D eigenvalue weighted by Crippen LogP contribution is -2.42. The Bertz CT molecular complexity index is 1180. The Kier molecular flexibility index (Phi) is 6.03. The molecule has 1 aliphatic rings. The van der Waals surface area contributed by atoms with E-state index in [0.717, 1.165) is 21.7 Å². The standard InChI is InChI=1S/C25H25N3O4S.H2/c1-15-21(33-14-26-15)17-11-9-16(10-12-17)20(27-24(31)32-25(2,3)4)13-28-22(29)18-7-5-6-8-19(18)23(28)30;/h5-12,14,20H,13H2,1-4H3,(H,27,31);1H. The third-order valence-corrected chi connectivity index (χ3v) is 6.23. The fraction of sp³-hybridized carbons (Fsp3) is 0.280. The van der Waals surface area contributed by atoms with Crippen LogP contribution >= 0.6 is 11.3 Å². The number of hydrogen-bond donors (Lipinski definition) is 1. The number of alkyl carbamates (subject to hydrolysis) is 1. The zero-order chi connectivity index (χ0) is 23.8. The Morgan fingerprint density at radius 1 is 1.09 bits per heavy atom. The van der Waals surface area contributed by atoms with Crippen LogP contribution in [0.5, 0.6) is 0 Å². The van der Waals surface area contributed by atoms with E-state index in [-0.39, 0.29) is 19.8 Å². The molecule has 0 radical (unpaired) electrons. The first kappa shape index (κ1) is 22.7. The van der Waals surface area contributed by atoms with Crippen molar-refractivity contribution in [3.05, 3.63) is 76.4 Å². The number of fused-ring (bicyclic) bond motifs is 1. The molecule has 0 aliphatic carbocycles. The van der Waals surface area contributed by atoms with Gasteiger partial charge in [0.05, 0.1) is 39.8 Å². The van der Waals surface area contributed by atoms with Crippen LogP contribution in [0.3, 0.4) is 0 Å². The number of ether oxygens (including phenoxy) is 1. The molecule has 2 aromatic carbocycles. The minimum Gasteiger partial charge on any atom is -0.444 e. The minimum absolute atomic E-state index is 0. The Morgan fingerprint density at radius 2 is 1.70 bits per heavy atom. The van der Waals surface area contributed by atoms with Crippen LogP contribution in [0.2, 0.25) is 0 Å². The maximum absolute atomic E-state index is 12.9. The summed E-state index contributed by atoms with van der Waals surface area (Å²) >= 11 is 1.56. The number of aryl methyl sites for hydroxylation is 1. The number of aromatic nitrogens is 1. The topological polar surface area (TPSA) is 88.6 Å². The van der Waals surface area contributed by atoms with Crippen molar-refractivity contribution in [1.29, 1.82) is 0 Å². The van der Waals surface area contributed by atoms with E-state index in [0.29, 0.717) is 11.1 Å². The Labute approximate surface area is 197 Å². The molecule has 0 saturated carbocycles. The maximum Gasteiger partial charge on any atom is 0.408 e. The van der Waals surface area contributed by atoms with Crippen molar-refractivity contribution in [3.8, 4) is 10.4 Å². The molecular weight excluding hydrogens is 438 g/mol. The summed E-state index contributed by atoms with van der Waals surface area (Å²) in [5, 5.41) is 2.83. The van der Waals surface area contributed by atoms with E-state index in [2.05, 4.69) is 10.3 Å². The van der Waals surface area contributed by atoms with Gasteiger partial charge in [-0.05, 0) is 51.0 Å². The van der Waals surface area contributed by atoms with Gasteiger partial charge in [0.15, 0.2) is 0 Å².